The molecule has 1 aromatic rings. The van der Waals surface area contributed by atoms with Crippen molar-refractivity contribution in [2.75, 3.05) is 13.1 Å². The zero-order chi connectivity index (χ0) is 20.5. The van der Waals surface area contributed by atoms with E-state index in [1.807, 2.05) is 27.7 Å². The number of hydrogen-bond donors (Lipinski definition) is 3. The van der Waals surface area contributed by atoms with Crippen LogP contribution in [-0.2, 0) is 11.2 Å². The second kappa shape index (κ2) is 8.29. The number of piperidine rings is 1. The van der Waals surface area contributed by atoms with Gasteiger partial charge in [-0.2, -0.15) is 0 Å². The van der Waals surface area contributed by atoms with Gasteiger partial charge in [-0.3, -0.25) is 4.79 Å². The Bertz CT molecular complexity index is 726. The van der Waals surface area contributed by atoms with Crippen molar-refractivity contribution >= 4 is 23.6 Å². The van der Waals surface area contributed by atoms with Crippen LogP contribution < -0.4 is 10.6 Å². The number of ether oxygens (including phenoxy) is 1. The molecule has 0 bridgehead atoms. The van der Waals surface area contributed by atoms with Crippen LogP contribution in [0, 0.1) is 0 Å². The first-order valence-corrected chi connectivity index (χ1v) is 10.3. The average molecular weight is 412 g/mol. The molecule has 0 aromatic carbocycles. The maximum atomic E-state index is 12.6. The predicted octanol–water partition coefficient (Wildman–Crippen LogP) is 2.49. The third kappa shape index (κ3) is 5.38. The van der Waals surface area contributed by atoms with Crippen molar-refractivity contribution in [3.63, 3.8) is 0 Å². The average Bonchev–Trinajstić information content (AvgIpc) is 3.34. The van der Waals surface area contributed by atoms with E-state index >= 15 is 0 Å². The molecular weight excluding hydrogens is 382 g/mol. The minimum atomic E-state index is -0.531. The first-order valence-electron chi connectivity index (χ1n) is 9.95. The number of nitrogens with zero attached hydrogens (tertiary/aromatic N) is 2. The molecule has 1 aromatic heterocycles. The molecule has 1 aliphatic carbocycles. The molecule has 28 heavy (non-hydrogen) atoms. The first kappa shape index (κ1) is 20.9. The number of amides is 2. The standard InChI is InChI=1S/C19H30ClN5O3/c1-5-12-15(20)24-16(22-12)17(26)23-13-8-9-25(18(27)28-19(2,3)4)10-14(13)21-11-6-7-11/h11,13-14,21H,5-10H2,1-4H3,(H,22,24)(H,23,26)/t13-,14+/m1/s1. The summed E-state index contributed by atoms with van der Waals surface area (Å²) in [5.41, 5.74) is 0.219. The fourth-order valence-corrected chi connectivity index (χ4v) is 3.57. The minimum absolute atomic E-state index is 0.0335. The van der Waals surface area contributed by atoms with Crippen LogP contribution in [0.3, 0.4) is 0 Å². The van der Waals surface area contributed by atoms with Crippen LogP contribution in [0.4, 0.5) is 4.79 Å². The Morgan fingerprint density at radius 3 is 2.57 bits per heavy atom. The fourth-order valence-electron chi connectivity index (χ4n) is 3.31. The van der Waals surface area contributed by atoms with Gasteiger partial charge in [0.2, 0.25) is 0 Å². The van der Waals surface area contributed by atoms with Gasteiger partial charge >= 0.3 is 6.09 Å². The highest BCUT2D eigenvalue weighted by Gasteiger charge is 2.37. The van der Waals surface area contributed by atoms with Gasteiger partial charge in [0.25, 0.3) is 5.91 Å². The van der Waals surface area contributed by atoms with Gasteiger partial charge < -0.3 is 25.3 Å². The lowest BCUT2D eigenvalue weighted by atomic mass is 9.99. The van der Waals surface area contributed by atoms with Crippen molar-refractivity contribution < 1.29 is 14.3 Å². The van der Waals surface area contributed by atoms with Crippen molar-refractivity contribution in [1.29, 1.82) is 0 Å². The quantitative estimate of drug-likeness (QED) is 0.691. The molecule has 8 nitrogen and oxygen atoms in total. The van der Waals surface area contributed by atoms with Crippen molar-refractivity contribution in [3.05, 3.63) is 16.7 Å². The van der Waals surface area contributed by atoms with Gasteiger partial charge in [-0.25, -0.2) is 9.78 Å². The second-order valence-electron chi connectivity index (χ2n) is 8.55. The first-order chi connectivity index (χ1) is 13.2. The van der Waals surface area contributed by atoms with Gasteiger partial charge in [0.05, 0.1) is 5.69 Å². The van der Waals surface area contributed by atoms with Crippen LogP contribution >= 0.6 is 11.6 Å². The molecular formula is C19H30ClN5O3. The van der Waals surface area contributed by atoms with Crippen LogP contribution in [0.1, 0.15) is 63.3 Å². The Labute approximate surface area is 170 Å². The molecule has 156 valence electrons. The van der Waals surface area contributed by atoms with Crippen molar-refractivity contribution in [1.82, 2.24) is 25.5 Å². The molecule has 3 rings (SSSR count). The largest absolute Gasteiger partial charge is 0.444 e. The van der Waals surface area contributed by atoms with E-state index in [0.717, 1.165) is 18.5 Å². The van der Waals surface area contributed by atoms with E-state index in [2.05, 4.69) is 20.6 Å². The molecule has 9 heteroatoms. The molecule has 1 saturated carbocycles. The van der Waals surface area contributed by atoms with Crippen molar-refractivity contribution in [2.24, 2.45) is 0 Å². The Morgan fingerprint density at radius 1 is 1.29 bits per heavy atom. The number of aryl methyl sites for hydroxylation is 1. The number of nitrogens with one attached hydrogen (secondary N) is 3. The maximum absolute atomic E-state index is 12.6. The molecule has 2 aliphatic rings. The number of rotatable bonds is 5. The van der Waals surface area contributed by atoms with Gasteiger partial charge in [-0.05, 0) is 46.5 Å². The topological polar surface area (TPSA) is 99.4 Å². The Morgan fingerprint density at radius 2 is 2.00 bits per heavy atom. The third-order valence-electron chi connectivity index (χ3n) is 4.91. The lowest BCUT2D eigenvalue weighted by Gasteiger charge is -2.39. The summed E-state index contributed by atoms with van der Waals surface area (Å²) in [4.78, 5) is 33.9. The van der Waals surface area contributed by atoms with Gasteiger partial charge in [-0.15, -0.1) is 0 Å². The zero-order valence-corrected chi connectivity index (χ0v) is 17.7. The van der Waals surface area contributed by atoms with Crippen molar-refractivity contribution in [2.45, 2.75) is 77.1 Å². The molecule has 2 fully saturated rings. The summed E-state index contributed by atoms with van der Waals surface area (Å²) in [5.74, 6) is -0.0542. The highest BCUT2D eigenvalue weighted by Crippen LogP contribution is 2.23. The lowest BCUT2D eigenvalue weighted by Crippen LogP contribution is -2.61. The molecule has 1 aliphatic heterocycles. The van der Waals surface area contributed by atoms with E-state index < -0.39 is 5.60 Å². The van der Waals surface area contributed by atoms with Gasteiger partial charge in [-0.1, -0.05) is 18.5 Å². The Balaban J connectivity index is 1.64. The normalized spacial score (nSPS) is 22.8. The molecule has 2 atom stereocenters. The summed E-state index contributed by atoms with van der Waals surface area (Å²) in [5, 5.41) is 6.95. The van der Waals surface area contributed by atoms with Crippen molar-refractivity contribution in [3.8, 4) is 0 Å². The summed E-state index contributed by atoms with van der Waals surface area (Å²) in [6, 6.07) is 0.322. The molecule has 2 amide bonds. The van der Waals surface area contributed by atoms with Crippen LogP contribution in [0.25, 0.3) is 0 Å². The summed E-state index contributed by atoms with van der Waals surface area (Å²) >= 11 is 6.05. The number of likely N-dealkylation sites (tertiary alicyclic amines) is 1. The number of aromatic nitrogens is 2. The fraction of sp³-hybridized carbons (Fsp3) is 0.737. The van der Waals surface area contributed by atoms with Crippen LogP contribution in [-0.4, -0.2) is 63.7 Å². The van der Waals surface area contributed by atoms with E-state index in [-0.39, 0.29) is 29.9 Å². The lowest BCUT2D eigenvalue weighted by molar-refractivity contribution is 0.0162. The highest BCUT2D eigenvalue weighted by atomic mass is 35.5. The summed E-state index contributed by atoms with van der Waals surface area (Å²) in [6.07, 6.45) is 3.25. The smallest absolute Gasteiger partial charge is 0.410 e. The number of carbonyl (C=O) groups excluding carboxylic acids is 2. The van der Waals surface area contributed by atoms with E-state index in [1.165, 1.54) is 0 Å². The van der Waals surface area contributed by atoms with Crippen LogP contribution in [0.2, 0.25) is 5.15 Å². The molecule has 3 N–H and O–H groups in total. The number of H-pyrrole nitrogens is 1. The number of carbonyl (C=O) groups is 2. The highest BCUT2D eigenvalue weighted by molar-refractivity contribution is 6.30. The van der Waals surface area contributed by atoms with E-state index in [9.17, 15) is 9.59 Å². The van der Waals surface area contributed by atoms with E-state index in [4.69, 9.17) is 16.3 Å². The number of hydrogen-bond acceptors (Lipinski definition) is 5. The number of halogens is 1. The molecule has 1 saturated heterocycles. The molecule has 0 radical (unpaired) electrons. The second-order valence-corrected chi connectivity index (χ2v) is 8.91. The summed E-state index contributed by atoms with van der Waals surface area (Å²) in [6.45, 7) is 8.55. The predicted molar refractivity (Wildman–Crippen MR) is 107 cm³/mol. The summed E-state index contributed by atoms with van der Waals surface area (Å²) < 4.78 is 5.50. The Kier molecular flexibility index (Phi) is 6.19. The van der Waals surface area contributed by atoms with Gasteiger partial charge in [0, 0.05) is 31.2 Å². The monoisotopic (exact) mass is 411 g/mol. The van der Waals surface area contributed by atoms with Gasteiger partial charge in [0.15, 0.2) is 11.0 Å². The molecule has 0 unspecified atom stereocenters. The number of imidazole rings is 1. The zero-order valence-electron chi connectivity index (χ0n) is 17.0. The third-order valence-corrected chi connectivity index (χ3v) is 5.22. The van der Waals surface area contributed by atoms with E-state index in [0.29, 0.717) is 37.1 Å². The van der Waals surface area contributed by atoms with E-state index in [1.54, 1.807) is 4.90 Å². The molecule has 2 heterocycles. The van der Waals surface area contributed by atoms with Gasteiger partial charge in [0.1, 0.15) is 5.60 Å². The molecule has 0 spiro atoms. The SMILES string of the molecule is CCc1[nH]c(C(=O)N[C@@H]2CCN(C(=O)OC(C)(C)C)C[C@@H]2NC2CC2)nc1Cl. The van der Waals surface area contributed by atoms with Crippen LogP contribution in [0.5, 0.6) is 0 Å². The number of aromatic amines is 1. The summed E-state index contributed by atoms with van der Waals surface area (Å²) in [7, 11) is 0. The maximum Gasteiger partial charge on any atom is 0.410 e. The van der Waals surface area contributed by atoms with Crippen LogP contribution in [0.15, 0.2) is 0 Å². The minimum Gasteiger partial charge on any atom is -0.444 e. The Hall–Kier alpha value is -1.80.